The van der Waals surface area contributed by atoms with Crippen molar-refractivity contribution >= 4 is 11.8 Å². The highest BCUT2D eigenvalue weighted by Gasteiger charge is 2.38. The molecule has 3 N–H and O–H groups in total. The van der Waals surface area contributed by atoms with Crippen molar-refractivity contribution in [2.75, 3.05) is 23.7 Å². The number of anilines is 2. The van der Waals surface area contributed by atoms with Crippen molar-refractivity contribution in [3.8, 4) is 0 Å². The maximum absolute atomic E-state index is 14.0. The highest BCUT2D eigenvalue weighted by atomic mass is 19.1. The molecule has 1 saturated heterocycles. The minimum Gasteiger partial charge on any atom is -0.385 e. The summed E-state index contributed by atoms with van der Waals surface area (Å²) in [7, 11) is 0. The summed E-state index contributed by atoms with van der Waals surface area (Å²) in [5, 5.41) is 10.7. The molecule has 122 valence electrons. The lowest BCUT2D eigenvalue weighted by Gasteiger charge is -2.39. The number of nitrogens with zero attached hydrogens (tertiary/aromatic N) is 3. The molecule has 0 unspecified atom stereocenters. The summed E-state index contributed by atoms with van der Waals surface area (Å²) >= 11 is 0. The molecule has 23 heavy (non-hydrogen) atoms. The summed E-state index contributed by atoms with van der Waals surface area (Å²) in [4.78, 5) is 10.1. The molecule has 3 rings (SSSR count). The van der Waals surface area contributed by atoms with Gasteiger partial charge in [0, 0.05) is 24.8 Å². The molecule has 0 aliphatic carbocycles. The van der Waals surface area contributed by atoms with Crippen LogP contribution < -0.4 is 10.6 Å². The van der Waals surface area contributed by atoms with E-state index in [1.165, 1.54) is 6.07 Å². The Kier molecular flexibility index (Phi) is 3.89. The average Bonchev–Trinajstić information content (AvgIpc) is 2.46. The van der Waals surface area contributed by atoms with Gasteiger partial charge in [-0.25, -0.2) is 13.8 Å². The van der Waals surface area contributed by atoms with E-state index in [0.29, 0.717) is 18.9 Å². The second-order valence-corrected chi connectivity index (χ2v) is 5.84. The van der Waals surface area contributed by atoms with Gasteiger partial charge in [-0.05, 0) is 31.9 Å². The van der Waals surface area contributed by atoms with Gasteiger partial charge in [-0.2, -0.15) is 4.98 Å². The number of aryl methyl sites for hydroxylation is 1. The zero-order chi connectivity index (χ0) is 16.6. The van der Waals surface area contributed by atoms with Crippen molar-refractivity contribution in [1.29, 1.82) is 0 Å². The minimum absolute atomic E-state index is 0.181. The molecule has 0 amide bonds. The zero-order valence-corrected chi connectivity index (χ0v) is 12.8. The lowest BCUT2D eigenvalue weighted by molar-refractivity contribution is 0.00493. The Bertz CT molecular complexity index is 690. The Morgan fingerprint density at radius 2 is 1.78 bits per heavy atom. The fourth-order valence-corrected chi connectivity index (χ4v) is 3.03. The van der Waals surface area contributed by atoms with Gasteiger partial charge in [0.15, 0.2) is 0 Å². The minimum atomic E-state index is -1.51. The van der Waals surface area contributed by atoms with Crippen LogP contribution in [0.2, 0.25) is 0 Å². The van der Waals surface area contributed by atoms with E-state index in [2.05, 4.69) is 9.97 Å². The van der Waals surface area contributed by atoms with Gasteiger partial charge >= 0.3 is 0 Å². The summed E-state index contributed by atoms with van der Waals surface area (Å²) in [5.41, 5.74) is 4.63. The Morgan fingerprint density at radius 1 is 1.17 bits per heavy atom. The molecule has 1 aliphatic heterocycles. The van der Waals surface area contributed by atoms with Crippen LogP contribution in [0.4, 0.5) is 20.5 Å². The van der Waals surface area contributed by atoms with Crippen LogP contribution in [-0.4, -0.2) is 28.2 Å². The van der Waals surface area contributed by atoms with Crippen LogP contribution in [0.3, 0.4) is 0 Å². The predicted molar refractivity (Wildman–Crippen MR) is 82.9 cm³/mol. The van der Waals surface area contributed by atoms with Gasteiger partial charge in [0.2, 0.25) is 5.95 Å². The quantitative estimate of drug-likeness (QED) is 0.886. The number of aliphatic hydroxyl groups is 1. The first-order valence-corrected chi connectivity index (χ1v) is 7.42. The molecule has 0 bridgehead atoms. The lowest BCUT2D eigenvalue weighted by atomic mass is 9.83. The van der Waals surface area contributed by atoms with Gasteiger partial charge in [-0.15, -0.1) is 0 Å². The van der Waals surface area contributed by atoms with Gasteiger partial charge in [0.05, 0.1) is 11.2 Å². The number of rotatable bonds is 2. The molecule has 0 atom stereocenters. The van der Waals surface area contributed by atoms with E-state index in [-0.39, 0.29) is 24.4 Å². The van der Waals surface area contributed by atoms with Crippen molar-refractivity contribution in [2.24, 2.45) is 0 Å². The van der Waals surface area contributed by atoms with E-state index in [9.17, 15) is 13.9 Å². The number of nitrogens with two attached hydrogens (primary N) is 1. The molecule has 2 aromatic rings. The van der Waals surface area contributed by atoms with E-state index < -0.39 is 17.2 Å². The van der Waals surface area contributed by atoms with E-state index in [0.717, 1.165) is 17.8 Å². The molecule has 1 aromatic heterocycles. The standard InChI is InChI=1S/C16H18F2N4O/c1-10-9-13(21-15(19)20-10)22-7-5-16(23,6-8-22)14-11(17)3-2-4-12(14)18/h2-4,9,23H,5-8H2,1H3,(H2,19,20,21). The molecular formula is C16H18F2N4O. The smallest absolute Gasteiger partial charge is 0.222 e. The van der Waals surface area contributed by atoms with Crippen molar-refractivity contribution in [1.82, 2.24) is 9.97 Å². The molecule has 0 radical (unpaired) electrons. The van der Waals surface area contributed by atoms with Gasteiger partial charge < -0.3 is 15.7 Å². The molecule has 1 aliphatic rings. The number of aromatic nitrogens is 2. The summed E-state index contributed by atoms with van der Waals surface area (Å²) < 4.78 is 27.9. The van der Waals surface area contributed by atoms with E-state index in [1.54, 1.807) is 6.07 Å². The monoisotopic (exact) mass is 320 g/mol. The highest BCUT2D eigenvalue weighted by Crippen LogP contribution is 2.36. The first kappa shape index (κ1) is 15.6. The molecule has 1 aromatic carbocycles. The fourth-order valence-electron chi connectivity index (χ4n) is 3.03. The van der Waals surface area contributed by atoms with Crippen LogP contribution in [-0.2, 0) is 5.60 Å². The topological polar surface area (TPSA) is 75.3 Å². The molecular weight excluding hydrogens is 302 g/mol. The third-order valence-corrected chi connectivity index (χ3v) is 4.20. The average molecular weight is 320 g/mol. The largest absolute Gasteiger partial charge is 0.385 e. The van der Waals surface area contributed by atoms with E-state index in [4.69, 9.17) is 5.73 Å². The number of benzene rings is 1. The first-order chi connectivity index (χ1) is 10.9. The maximum Gasteiger partial charge on any atom is 0.222 e. The Morgan fingerprint density at radius 3 is 2.35 bits per heavy atom. The van der Waals surface area contributed by atoms with Gasteiger partial charge in [-0.3, -0.25) is 0 Å². The van der Waals surface area contributed by atoms with Crippen molar-refractivity contribution in [2.45, 2.75) is 25.4 Å². The molecule has 0 saturated carbocycles. The van der Waals surface area contributed by atoms with Crippen LogP contribution in [0.25, 0.3) is 0 Å². The van der Waals surface area contributed by atoms with Crippen molar-refractivity contribution in [3.05, 3.63) is 47.2 Å². The zero-order valence-electron chi connectivity index (χ0n) is 12.8. The third-order valence-electron chi connectivity index (χ3n) is 4.20. The maximum atomic E-state index is 14.0. The molecule has 0 spiro atoms. The molecule has 2 heterocycles. The van der Waals surface area contributed by atoms with E-state index in [1.807, 2.05) is 11.8 Å². The number of halogens is 2. The van der Waals surface area contributed by atoms with Crippen LogP contribution in [0.1, 0.15) is 24.1 Å². The Hall–Kier alpha value is -2.28. The Labute approximate surface area is 132 Å². The van der Waals surface area contributed by atoms with Crippen LogP contribution in [0, 0.1) is 18.6 Å². The Balaban J connectivity index is 1.82. The number of hydrogen-bond acceptors (Lipinski definition) is 5. The van der Waals surface area contributed by atoms with Gasteiger partial charge in [-0.1, -0.05) is 6.07 Å². The molecule has 1 fully saturated rings. The third kappa shape index (κ3) is 2.96. The van der Waals surface area contributed by atoms with Crippen LogP contribution in [0.15, 0.2) is 24.3 Å². The first-order valence-electron chi connectivity index (χ1n) is 7.42. The fraction of sp³-hybridized carbons (Fsp3) is 0.375. The second kappa shape index (κ2) is 5.73. The summed E-state index contributed by atoms with van der Waals surface area (Å²) in [5.74, 6) is -0.599. The number of nitrogen functional groups attached to an aromatic ring is 1. The predicted octanol–water partition coefficient (Wildman–Crippen LogP) is 2.13. The summed E-state index contributed by atoms with van der Waals surface area (Å²) in [6.07, 6.45) is 0.404. The lowest BCUT2D eigenvalue weighted by Crippen LogP contribution is -2.44. The van der Waals surface area contributed by atoms with Crippen molar-refractivity contribution < 1.29 is 13.9 Å². The van der Waals surface area contributed by atoms with Gasteiger partial charge in [0.25, 0.3) is 0 Å². The van der Waals surface area contributed by atoms with Crippen molar-refractivity contribution in [3.63, 3.8) is 0 Å². The second-order valence-electron chi connectivity index (χ2n) is 5.84. The van der Waals surface area contributed by atoms with Crippen LogP contribution in [0.5, 0.6) is 0 Å². The number of piperidine rings is 1. The van der Waals surface area contributed by atoms with Gasteiger partial charge in [0.1, 0.15) is 17.5 Å². The number of hydrogen-bond donors (Lipinski definition) is 2. The molecule has 5 nitrogen and oxygen atoms in total. The van der Waals surface area contributed by atoms with Crippen LogP contribution >= 0.6 is 0 Å². The van der Waals surface area contributed by atoms with E-state index >= 15 is 0 Å². The SMILES string of the molecule is Cc1cc(N2CCC(O)(c3c(F)cccc3F)CC2)nc(N)n1. The summed E-state index contributed by atoms with van der Waals surface area (Å²) in [6, 6.07) is 5.41. The molecule has 7 heteroatoms. The highest BCUT2D eigenvalue weighted by molar-refractivity contribution is 5.44. The summed E-state index contributed by atoms with van der Waals surface area (Å²) in [6.45, 7) is 2.65. The normalized spacial score (nSPS) is 17.3.